The molecule has 1 aromatic heterocycles. The second kappa shape index (κ2) is 5.05. The van der Waals surface area contributed by atoms with Gasteiger partial charge < -0.3 is 15.7 Å². The average Bonchev–Trinajstić information content (AvgIpc) is 2.78. The van der Waals surface area contributed by atoms with E-state index in [1.807, 2.05) is 6.92 Å². The molecule has 0 radical (unpaired) electrons. The normalized spacial score (nSPS) is 10.8. The van der Waals surface area contributed by atoms with Gasteiger partial charge in [-0.3, -0.25) is 9.89 Å². The lowest BCUT2D eigenvalue weighted by atomic mass is 10.1. The van der Waals surface area contributed by atoms with E-state index in [4.69, 9.17) is 10.8 Å². The van der Waals surface area contributed by atoms with Crippen LogP contribution in [0.5, 0.6) is 0 Å². The van der Waals surface area contributed by atoms with Crippen molar-refractivity contribution in [2.24, 2.45) is 0 Å². The number of nitrogens with one attached hydrogen (secondary N) is 1. The summed E-state index contributed by atoms with van der Waals surface area (Å²) in [6.07, 6.45) is 0. The molecule has 0 spiro atoms. The van der Waals surface area contributed by atoms with Crippen LogP contribution in [0.25, 0.3) is 10.9 Å². The van der Waals surface area contributed by atoms with E-state index >= 15 is 0 Å². The van der Waals surface area contributed by atoms with Gasteiger partial charge in [0.25, 0.3) is 5.91 Å². The first-order chi connectivity index (χ1) is 8.67. The van der Waals surface area contributed by atoms with Gasteiger partial charge in [-0.05, 0) is 25.1 Å². The maximum Gasteiger partial charge on any atom is 0.275 e. The van der Waals surface area contributed by atoms with E-state index in [1.54, 1.807) is 23.1 Å². The third kappa shape index (κ3) is 2.14. The summed E-state index contributed by atoms with van der Waals surface area (Å²) >= 11 is 0. The average molecular weight is 248 g/mol. The lowest BCUT2D eigenvalue weighted by Crippen LogP contribution is -2.33. The van der Waals surface area contributed by atoms with Gasteiger partial charge in [-0.25, -0.2) is 0 Å². The van der Waals surface area contributed by atoms with Crippen molar-refractivity contribution in [2.75, 3.05) is 25.4 Å². The number of hydrogen-bond acceptors (Lipinski definition) is 4. The van der Waals surface area contributed by atoms with E-state index in [0.717, 1.165) is 5.52 Å². The minimum Gasteiger partial charge on any atom is -0.399 e. The van der Waals surface area contributed by atoms with Gasteiger partial charge in [0, 0.05) is 24.2 Å². The Morgan fingerprint density at radius 3 is 3.00 bits per heavy atom. The number of fused-ring (bicyclic) bond motifs is 1. The summed E-state index contributed by atoms with van der Waals surface area (Å²) in [6, 6.07) is 5.26. The summed E-state index contributed by atoms with van der Waals surface area (Å²) in [5.74, 6) is -0.205. The Morgan fingerprint density at radius 1 is 1.56 bits per heavy atom. The predicted octanol–water partition coefficient (Wildman–Crippen LogP) is 0.599. The van der Waals surface area contributed by atoms with Crippen LogP contribution in [0.4, 0.5) is 5.69 Å². The predicted molar refractivity (Wildman–Crippen MR) is 69.2 cm³/mol. The second-order valence-electron chi connectivity index (χ2n) is 3.99. The summed E-state index contributed by atoms with van der Waals surface area (Å²) in [7, 11) is 0. The Morgan fingerprint density at radius 2 is 2.33 bits per heavy atom. The van der Waals surface area contributed by atoms with Crippen LogP contribution >= 0.6 is 0 Å². The zero-order chi connectivity index (χ0) is 13.1. The Kier molecular flexibility index (Phi) is 3.47. The van der Waals surface area contributed by atoms with Crippen molar-refractivity contribution in [3.63, 3.8) is 0 Å². The summed E-state index contributed by atoms with van der Waals surface area (Å²) in [6.45, 7) is 2.61. The number of anilines is 1. The highest BCUT2D eigenvalue weighted by molar-refractivity contribution is 6.05. The number of aliphatic hydroxyl groups is 1. The van der Waals surface area contributed by atoms with Crippen LogP contribution in [0.3, 0.4) is 0 Å². The molecule has 0 unspecified atom stereocenters. The minimum absolute atomic E-state index is 0.0654. The molecule has 1 heterocycles. The largest absolute Gasteiger partial charge is 0.399 e. The highest BCUT2D eigenvalue weighted by atomic mass is 16.3. The molecule has 0 bridgehead atoms. The minimum atomic E-state index is -0.205. The molecule has 0 aliphatic heterocycles. The van der Waals surface area contributed by atoms with Crippen molar-refractivity contribution in [1.82, 2.24) is 15.1 Å². The van der Waals surface area contributed by atoms with Crippen LogP contribution in [0.2, 0.25) is 0 Å². The van der Waals surface area contributed by atoms with E-state index in [1.165, 1.54) is 0 Å². The van der Waals surface area contributed by atoms with Gasteiger partial charge in [0.05, 0.1) is 12.1 Å². The molecule has 96 valence electrons. The third-order valence-electron chi connectivity index (χ3n) is 2.83. The fourth-order valence-electron chi connectivity index (χ4n) is 1.87. The third-order valence-corrected chi connectivity index (χ3v) is 2.83. The number of nitrogens with two attached hydrogens (primary N) is 1. The van der Waals surface area contributed by atoms with Gasteiger partial charge >= 0.3 is 0 Å². The molecular weight excluding hydrogens is 232 g/mol. The van der Waals surface area contributed by atoms with E-state index in [9.17, 15) is 4.79 Å². The quantitative estimate of drug-likeness (QED) is 0.690. The molecule has 6 heteroatoms. The highest BCUT2D eigenvalue weighted by Gasteiger charge is 2.19. The molecule has 6 nitrogen and oxygen atoms in total. The number of aromatic amines is 1. The monoisotopic (exact) mass is 248 g/mol. The topological polar surface area (TPSA) is 95.2 Å². The van der Waals surface area contributed by atoms with Crippen LogP contribution in [0, 0.1) is 0 Å². The van der Waals surface area contributed by atoms with Gasteiger partial charge in [-0.15, -0.1) is 0 Å². The molecule has 4 N–H and O–H groups in total. The Hall–Kier alpha value is -2.08. The van der Waals surface area contributed by atoms with Gasteiger partial charge in [0.2, 0.25) is 0 Å². The number of carbonyl (C=O) groups is 1. The van der Waals surface area contributed by atoms with Crippen LogP contribution < -0.4 is 5.73 Å². The number of rotatable bonds is 4. The van der Waals surface area contributed by atoms with Crippen molar-refractivity contribution in [3.8, 4) is 0 Å². The van der Waals surface area contributed by atoms with Crippen molar-refractivity contribution in [1.29, 1.82) is 0 Å². The maximum atomic E-state index is 12.2. The molecular formula is C12H16N4O2. The van der Waals surface area contributed by atoms with Crippen molar-refractivity contribution in [3.05, 3.63) is 23.9 Å². The van der Waals surface area contributed by atoms with E-state index in [2.05, 4.69) is 10.2 Å². The fraction of sp³-hybridized carbons (Fsp3) is 0.333. The van der Waals surface area contributed by atoms with Gasteiger partial charge in [-0.2, -0.15) is 5.10 Å². The Balaban J connectivity index is 2.41. The number of nitrogen functional groups attached to an aromatic ring is 1. The SMILES string of the molecule is CCN(CCO)C(=O)c1n[nH]c2ccc(N)cc12. The number of likely N-dealkylation sites (N-methyl/N-ethyl adjacent to an activating group) is 1. The van der Waals surface area contributed by atoms with Crippen LogP contribution in [0.15, 0.2) is 18.2 Å². The zero-order valence-electron chi connectivity index (χ0n) is 10.2. The number of nitrogens with zero attached hydrogens (tertiary/aromatic N) is 2. The number of H-pyrrole nitrogens is 1. The standard InChI is InChI=1S/C12H16N4O2/c1-2-16(5-6-17)12(18)11-9-7-8(13)3-4-10(9)14-15-11/h3-4,7,17H,2,5-6,13H2,1H3,(H,14,15). The first-order valence-electron chi connectivity index (χ1n) is 5.81. The number of hydrogen-bond donors (Lipinski definition) is 3. The molecule has 2 rings (SSSR count). The molecule has 2 aromatic rings. The molecule has 0 fully saturated rings. The van der Waals surface area contributed by atoms with Crippen LogP contribution in [-0.2, 0) is 0 Å². The Labute approximate surface area is 104 Å². The molecule has 0 saturated heterocycles. The summed E-state index contributed by atoms with van der Waals surface area (Å²) in [5, 5.41) is 16.5. The van der Waals surface area contributed by atoms with Gasteiger partial charge in [0.15, 0.2) is 5.69 Å². The lowest BCUT2D eigenvalue weighted by Gasteiger charge is -2.18. The lowest BCUT2D eigenvalue weighted by molar-refractivity contribution is 0.0728. The number of benzene rings is 1. The van der Waals surface area contributed by atoms with Crippen molar-refractivity contribution in [2.45, 2.75) is 6.92 Å². The zero-order valence-corrected chi connectivity index (χ0v) is 10.2. The van der Waals surface area contributed by atoms with Crippen LogP contribution in [0.1, 0.15) is 17.4 Å². The van der Waals surface area contributed by atoms with Crippen molar-refractivity contribution < 1.29 is 9.90 Å². The summed E-state index contributed by atoms with van der Waals surface area (Å²) in [5.41, 5.74) is 7.41. The van der Waals surface area contributed by atoms with Gasteiger partial charge in [-0.1, -0.05) is 0 Å². The van der Waals surface area contributed by atoms with Crippen LogP contribution in [-0.4, -0.2) is 45.8 Å². The number of amides is 1. The number of aliphatic hydroxyl groups excluding tert-OH is 1. The van der Waals surface area contributed by atoms with Crippen molar-refractivity contribution >= 4 is 22.5 Å². The smallest absolute Gasteiger partial charge is 0.275 e. The molecule has 0 aliphatic rings. The number of aromatic nitrogens is 2. The molecule has 1 amide bonds. The van der Waals surface area contributed by atoms with E-state index in [-0.39, 0.29) is 12.5 Å². The first-order valence-corrected chi connectivity index (χ1v) is 5.81. The first kappa shape index (κ1) is 12.4. The highest BCUT2D eigenvalue weighted by Crippen LogP contribution is 2.20. The molecule has 1 aromatic carbocycles. The Bertz CT molecular complexity index is 564. The van der Waals surface area contributed by atoms with E-state index < -0.39 is 0 Å². The van der Waals surface area contributed by atoms with Gasteiger partial charge in [0.1, 0.15) is 0 Å². The summed E-state index contributed by atoms with van der Waals surface area (Å²) < 4.78 is 0. The fourth-order valence-corrected chi connectivity index (χ4v) is 1.87. The molecule has 18 heavy (non-hydrogen) atoms. The molecule has 0 saturated carbocycles. The maximum absolute atomic E-state index is 12.2. The van der Waals surface area contributed by atoms with E-state index in [0.29, 0.717) is 29.9 Å². The molecule has 0 atom stereocenters. The second-order valence-corrected chi connectivity index (χ2v) is 3.99. The summed E-state index contributed by atoms with van der Waals surface area (Å²) in [4.78, 5) is 13.8. The molecule has 0 aliphatic carbocycles. The number of carbonyl (C=O) groups excluding carboxylic acids is 1.